The van der Waals surface area contributed by atoms with E-state index in [-0.39, 0.29) is 17.8 Å². The molecule has 94 valence electrons. The maximum absolute atomic E-state index is 10.6. The highest BCUT2D eigenvalue weighted by Crippen LogP contribution is 2.29. The van der Waals surface area contributed by atoms with Gasteiger partial charge in [-0.3, -0.25) is 15.1 Å². The second-order valence-electron chi connectivity index (χ2n) is 3.49. The Morgan fingerprint density at radius 1 is 1.59 bits per heavy atom. The van der Waals surface area contributed by atoms with Gasteiger partial charge in [-0.1, -0.05) is 0 Å². The number of nitrogens with zero attached hydrogens (tertiary/aromatic N) is 2. The second kappa shape index (κ2) is 5.53. The number of hydrogen-bond donors (Lipinski definition) is 4. The first-order chi connectivity index (χ1) is 7.99. The minimum Gasteiger partial charge on any atom is -0.393 e. The summed E-state index contributed by atoms with van der Waals surface area (Å²) in [5.41, 5.74) is 5.01. The highest BCUT2D eigenvalue weighted by Gasteiger charge is 2.24. The number of rotatable bonds is 5. The van der Waals surface area contributed by atoms with Crippen LogP contribution in [-0.4, -0.2) is 39.8 Å². The van der Waals surface area contributed by atoms with E-state index in [1.165, 1.54) is 6.20 Å². The third-order valence-electron chi connectivity index (χ3n) is 2.29. The lowest BCUT2D eigenvalue weighted by atomic mass is 10.0. The Kier molecular flexibility index (Phi) is 4.32. The molecule has 0 spiro atoms. The van der Waals surface area contributed by atoms with Crippen molar-refractivity contribution in [2.24, 2.45) is 0 Å². The van der Waals surface area contributed by atoms with Crippen LogP contribution in [-0.2, 0) is 0 Å². The van der Waals surface area contributed by atoms with Crippen LogP contribution in [0.3, 0.4) is 0 Å². The molecule has 1 heterocycles. The van der Waals surface area contributed by atoms with Crippen molar-refractivity contribution >= 4 is 11.4 Å². The number of hydrogen-bond acceptors (Lipinski definition) is 7. The quantitative estimate of drug-likeness (QED) is 0.391. The Morgan fingerprint density at radius 3 is 2.76 bits per heavy atom. The number of nitrogen functional groups attached to an aromatic ring is 1. The van der Waals surface area contributed by atoms with E-state index in [1.54, 1.807) is 7.05 Å². The summed E-state index contributed by atoms with van der Waals surface area (Å²) >= 11 is 0. The van der Waals surface area contributed by atoms with E-state index in [9.17, 15) is 20.3 Å². The summed E-state index contributed by atoms with van der Waals surface area (Å²) < 4.78 is 0. The van der Waals surface area contributed by atoms with Crippen molar-refractivity contribution in [3.8, 4) is 0 Å². The lowest BCUT2D eigenvalue weighted by Gasteiger charge is -2.18. The van der Waals surface area contributed by atoms with Gasteiger partial charge < -0.3 is 21.3 Å². The van der Waals surface area contributed by atoms with Gasteiger partial charge in [0.2, 0.25) is 0 Å². The van der Waals surface area contributed by atoms with Gasteiger partial charge in [0, 0.05) is 18.3 Å². The van der Waals surface area contributed by atoms with E-state index in [1.807, 2.05) is 0 Å². The van der Waals surface area contributed by atoms with Crippen molar-refractivity contribution in [2.75, 3.05) is 19.3 Å². The summed E-state index contributed by atoms with van der Waals surface area (Å²) in [5, 5.41) is 32.6. The average molecular weight is 242 g/mol. The first kappa shape index (κ1) is 13.3. The van der Waals surface area contributed by atoms with Crippen molar-refractivity contribution in [1.82, 2.24) is 10.3 Å². The van der Waals surface area contributed by atoms with Gasteiger partial charge in [0.25, 0.3) is 0 Å². The number of aliphatic hydroxyl groups is 2. The fraction of sp³-hybridized carbons (Fsp3) is 0.444. The smallest absolute Gasteiger partial charge is 0.310 e. The summed E-state index contributed by atoms with van der Waals surface area (Å²) in [7, 11) is 1.60. The molecule has 0 fully saturated rings. The van der Waals surface area contributed by atoms with Crippen LogP contribution >= 0.6 is 0 Å². The Labute approximate surface area is 97.2 Å². The number of aromatic nitrogens is 1. The molecule has 0 aliphatic carbocycles. The topological polar surface area (TPSA) is 135 Å². The van der Waals surface area contributed by atoms with Crippen LogP contribution in [0.5, 0.6) is 0 Å². The number of nitro groups is 1. The van der Waals surface area contributed by atoms with Crippen LogP contribution in [0.1, 0.15) is 11.7 Å². The molecule has 5 N–H and O–H groups in total. The van der Waals surface area contributed by atoms with Crippen molar-refractivity contribution in [3.05, 3.63) is 28.1 Å². The van der Waals surface area contributed by atoms with Gasteiger partial charge in [-0.05, 0) is 7.05 Å². The van der Waals surface area contributed by atoms with Crippen LogP contribution in [0.2, 0.25) is 0 Å². The number of nitrogens with two attached hydrogens (primary N) is 1. The van der Waals surface area contributed by atoms with Crippen LogP contribution < -0.4 is 11.1 Å². The molecule has 0 aromatic carbocycles. The van der Waals surface area contributed by atoms with Crippen molar-refractivity contribution in [2.45, 2.75) is 12.2 Å². The number of pyridine rings is 1. The Bertz CT molecular complexity index is 412. The minimum atomic E-state index is -1.32. The van der Waals surface area contributed by atoms with Gasteiger partial charge in [-0.2, -0.15) is 0 Å². The molecule has 8 heteroatoms. The van der Waals surface area contributed by atoms with Gasteiger partial charge in [0.1, 0.15) is 18.0 Å². The van der Waals surface area contributed by atoms with E-state index >= 15 is 0 Å². The summed E-state index contributed by atoms with van der Waals surface area (Å²) in [4.78, 5) is 13.5. The lowest BCUT2D eigenvalue weighted by molar-refractivity contribution is -0.384. The van der Waals surface area contributed by atoms with Gasteiger partial charge in [-0.25, -0.2) is 0 Å². The molecule has 2 unspecified atom stereocenters. The fourth-order valence-electron chi connectivity index (χ4n) is 1.38. The van der Waals surface area contributed by atoms with Gasteiger partial charge >= 0.3 is 5.69 Å². The lowest BCUT2D eigenvalue weighted by Crippen LogP contribution is -2.30. The zero-order valence-corrected chi connectivity index (χ0v) is 9.20. The van der Waals surface area contributed by atoms with E-state index in [4.69, 9.17) is 5.73 Å². The SMILES string of the molecule is CNCC(O)C(O)c1cncc([N+](=O)[O-])c1N. The van der Waals surface area contributed by atoms with Gasteiger partial charge in [-0.15, -0.1) is 0 Å². The second-order valence-corrected chi connectivity index (χ2v) is 3.49. The Hall–Kier alpha value is -1.77. The normalized spacial score (nSPS) is 14.3. The summed E-state index contributed by atoms with van der Waals surface area (Å²) in [6.07, 6.45) is -0.247. The zero-order chi connectivity index (χ0) is 13.0. The molecule has 0 aliphatic rings. The van der Waals surface area contributed by atoms with E-state index in [0.29, 0.717) is 0 Å². The average Bonchev–Trinajstić information content (AvgIpc) is 2.28. The highest BCUT2D eigenvalue weighted by atomic mass is 16.6. The number of nitrogens with one attached hydrogen (secondary N) is 1. The van der Waals surface area contributed by atoms with E-state index in [0.717, 1.165) is 6.20 Å². The number of aliphatic hydroxyl groups excluding tert-OH is 2. The molecule has 1 rings (SSSR count). The molecule has 0 radical (unpaired) electrons. The predicted molar refractivity (Wildman–Crippen MR) is 60.2 cm³/mol. The first-order valence-corrected chi connectivity index (χ1v) is 4.87. The zero-order valence-electron chi connectivity index (χ0n) is 9.20. The van der Waals surface area contributed by atoms with Crippen LogP contribution in [0.25, 0.3) is 0 Å². The van der Waals surface area contributed by atoms with Crippen molar-refractivity contribution in [3.63, 3.8) is 0 Å². The third-order valence-corrected chi connectivity index (χ3v) is 2.29. The van der Waals surface area contributed by atoms with Crippen LogP contribution in [0.15, 0.2) is 12.4 Å². The summed E-state index contributed by atoms with van der Waals surface area (Å²) in [6.45, 7) is 0.128. The molecular formula is C9H14N4O4. The maximum atomic E-state index is 10.6. The fourth-order valence-corrected chi connectivity index (χ4v) is 1.38. The van der Waals surface area contributed by atoms with Gasteiger partial charge in [0.15, 0.2) is 0 Å². The van der Waals surface area contributed by atoms with E-state index < -0.39 is 22.8 Å². The molecule has 2 atom stereocenters. The molecule has 1 aromatic heterocycles. The first-order valence-electron chi connectivity index (χ1n) is 4.87. The summed E-state index contributed by atoms with van der Waals surface area (Å²) in [6, 6.07) is 0. The molecule has 0 bridgehead atoms. The maximum Gasteiger partial charge on any atom is 0.310 e. The van der Waals surface area contributed by atoms with Crippen LogP contribution in [0.4, 0.5) is 11.4 Å². The third kappa shape index (κ3) is 2.87. The molecule has 0 aliphatic heterocycles. The molecule has 17 heavy (non-hydrogen) atoms. The highest BCUT2D eigenvalue weighted by molar-refractivity contribution is 5.62. The van der Waals surface area contributed by atoms with Gasteiger partial charge in [0.05, 0.1) is 11.0 Å². The molecule has 0 saturated carbocycles. The standard InChI is InChI=1S/C9H14N4O4/c1-11-4-7(14)9(15)5-2-12-3-6(8(5)10)13(16)17/h2-3,7,9,11,14-15H,4H2,1H3,(H2,10,12). The molecule has 0 amide bonds. The van der Waals surface area contributed by atoms with Crippen molar-refractivity contribution in [1.29, 1.82) is 0 Å². The Balaban J connectivity index is 3.06. The number of anilines is 1. The Morgan fingerprint density at radius 2 is 2.24 bits per heavy atom. The molecule has 1 aromatic rings. The van der Waals surface area contributed by atoms with Crippen molar-refractivity contribution < 1.29 is 15.1 Å². The van der Waals surface area contributed by atoms with E-state index in [2.05, 4.69) is 10.3 Å². The monoisotopic (exact) mass is 242 g/mol. The minimum absolute atomic E-state index is 0.0435. The molecule has 0 saturated heterocycles. The van der Waals surface area contributed by atoms with Crippen LogP contribution in [0, 0.1) is 10.1 Å². The molecule has 8 nitrogen and oxygen atoms in total. The predicted octanol–water partition coefficient (Wildman–Crippen LogP) is -0.814. The number of likely N-dealkylation sites (N-methyl/N-ethyl adjacent to an activating group) is 1. The molecular weight excluding hydrogens is 228 g/mol. The summed E-state index contributed by atoms with van der Waals surface area (Å²) in [5.74, 6) is 0. The largest absolute Gasteiger partial charge is 0.393 e.